The molecule has 0 rings (SSSR count). The maximum atomic E-state index is 11.0. The molecule has 0 aliphatic heterocycles. The van der Waals surface area contributed by atoms with Gasteiger partial charge in [0.05, 0.1) is 0 Å². The number of carbonyl (C=O) groups excluding carboxylic acids is 1. The van der Waals surface area contributed by atoms with Gasteiger partial charge in [0, 0.05) is 12.3 Å². The van der Waals surface area contributed by atoms with Crippen molar-refractivity contribution < 1.29 is 9.53 Å². The maximum absolute atomic E-state index is 11.0. The zero-order valence-electron chi connectivity index (χ0n) is 8.70. The van der Waals surface area contributed by atoms with Gasteiger partial charge >= 0.3 is 6.09 Å². The number of amides is 1. The summed E-state index contributed by atoms with van der Waals surface area (Å²) in [7, 11) is 0. The number of carbonyl (C=O) groups is 1. The van der Waals surface area contributed by atoms with E-state index < -0.39 is 11.7 Å². The van der Waals surface area contributed by atoms with Crippen molar-refractivity contribution in [3.8, 4) is 0 Å². The molecule has 0 aromatic carbocycles. The Morgan fingerprint density at radius 3 is 2.54 bits per heavy atom. The van der Waals surface area contributed by atoms with Crippen molar-refractivity contribution in [2.75, 3.05) is 0 Å². The van der Waals surface area contributed by atoms with Crippen molar-refractivity contribution in [2.24, 2.45) is 10.7 Å². The molecule has 0 saturated carbocycles. The van der Waals surface area contributed by atoms with E-state index in [0.717, 1.165) is 0 Å². The molecule has 1 amide bonds. The monoisotopic (exact) mass is 186 g/mol. The standard InChI is InChI=1S/C9H18N2O2/c1-7(10)5-6-11-8(12)13-9(2,3)4/h6-7H,5,10H2,1-4H3. The van der Waals surface area contributed by atoms with Crippen LogP contribution in [0, 0.1) is 0 Å². The van der Waals surface area contributed by atoms with Crippen molar-refractivity contribution in [3.63, 3.8) is 0 Å². The van der Waals surface area contributed by atoms with Crippen LogP contribution in [-0.4, -0.2) is 24.0 Å². The summed E-state index contributed by atoms with van der Waals surface area (Å²) in [5.74, 6) is 0. The second kappa shape index (κ2) is 4.97. The van der Waals surface area contributed by atoms with E-state index in [0.29, 0.717) is 6.42 Å². The Hall–Kier alpha value is -0.900. The number of nitrogens with two attached hydrogens (primary N) is 1. The minimum atomic E-state index is -0.562. The number of hydrogen-bond acceptors (Lipinski definition) is 3. The van der Waals surface area contributed by atoms with Crippen LogP contribution >= 0.6 is 0 Å². The minimum absolute atomic E-state index is 0.0196. The van der Waals surface area contributed by atoms with Gasteiger partial charge in [-0.2, -0.15) is 4.99 Å². The number of aliphatic imine (C=N–C) groups is 1. The van der Waals surface area contributed by atoms with Crippen LogP contribution in [0.15, 0.2) is 4.99 Å². The van der Waals surface area contributed by atoms with Crippen LogP contribution in [0.3, 0.4) is 0 Å². The molecule has 0 aromatic heterocycles. The lowest BCUT2D eigenvalue weighted by Gasteiger charge is -2.17. The first-order chi connectivity index (χ1) is 5.81. The van der Waals surface area contributed by atoms with Gasteiger partial charge in [-0.15, -0.1) is 0 Å². The summed E-state index contributed by atoms with van der Waals surface area (Å²) in [5, 5.41) is 0. The average molecular weight is 186 g/mol. The Morgan fingerprint density at radius 1 is 1.62 bits per heavy atom. The molecule has 0 spiro atoms. The Morgan fingerprint density at radius 2 is 2.15 bits per heavy atom. The molecule has 0 fully saturated rings. The van der Waals surface area contributed by atoms with E-state index in [-0.39, 0.29) is 6.04 Å². The van der Waals surface area contributed by atoms with Gasteiger partial charge in [-0.05, 0) is 34.1 Å². The maximum Gasteiger partial charge on any atom is 0.433 e. The van der Waals surface area contributed by atoms with Gasteiger partial charge in [-0.3, -0.25) is 0 Å². The van der Waals surface area contributed by atoms with Crippen LogP contribution in [-0.2, 0) is 4.74 Å². The van der Waals surface area contributed by atoms with Gasteiger partial charge in [0.25, 0.3) is 0 Å². The van der Waals surface area contributed by atoms with Gasteiger partial charge in [-0.25, -0.2) is 4.79 Å². The van der Waals surface area contributed by atoms with E-state index in [2.05, 4.69) is 4.99 Å². The molecule has 0 aromatic rings. The van der Waals surface area contributed by atoms with Crippen LogP contribution < -0.4 is 5.73 Å². The topological polar surface area (TPSA) is 64.7 Å². The number of rotatable bonds is 2. The fraction of sp³-hybridized carbons (Fsp3) is 0.778. The molecule has 0 saturated heterocycles. The highest BCUT2D eigenvalue weighted by molar-refractivity contribution is 5.79. The largest absolute Gasteiger partial charge is 0.442 e. The van der Waals surface area contributed by atoms with Gasteiger partial charge < -0.3 is 10.5 Å². The average Bonchev–Trinajstić information content (AvgIpc) is 1.81. The first kappa shape index (κ1) is 12.1. The Bertz CT molecular complexity index is 192. The van der Waals surface area contributed by atoms with Crippen LogP contribution in [0.4, 0.5) is 4.79 Å². The van der Waals surface area contributed by atoms with Crippen LogP contribution in [0.1, 0.15) is 34.1 Å². The fourth-order valence-electron chi connectivity index (χ4n) is 0.582. The second-order valence-corrected chi connectivity index (χ2v) is 4.01. The Balaban J connectivity index is 3.81. The molecule has 76 valence electrons. The highest BCUT2D eigenvalue weighted by Gasteiger charge is 2.14. The van der Waals surface area contributed by atoms with Crippen molar-refractivity contribution in [1.29, 1.82) is 0 Å². The van der Waals surface area contributed by atoms with Gasteiger partial charge in [-0.1, -0.05) is 0 Å². The van der Waals surface area contributed by atoms with Crippen molar-refractivity contribution in [2.45, 2.75) is 45.8 Å². The molecular weight excluding hydrogens is 168 g/mol. The normalized spacial score (nSPS) is 14.5. The molecule has 1 atom stereocenters. The summed E-state index contributed by atoms with van der Waals surface area (Å²) in [6, 6.07) is 0.0196. The molecule has 13 heavy (non-hydrogen) atoms. The van der Waals surface area contributed by atoms with Crippen LogP contribution in [0.2, 0.25) is 0 Å². The SMILES string of the molecule is CC(N)CC=NC(=O)OC(C)(C)C. The predicted octanol–water partition coefficient (Wildman–Crippen LogP) is 1.73. The van der Waals surface area contributed by atoms with E-state index in [1.807, 2.05) is 6.92 Å². The van der Waals surface area contributed by atoms with E-state index in [9.17, 15) is 4.79 Å². The first-order valence-electron chi connectivity index (χ1n) is 4.32. The molecule has 0 aliphatic rings. The summed E-state index contributed by atoms with van der Waals surface area (Å²) < 4.78 is 4.94. The van der Waals surface area contributed by atoms with Crippen LogP contribution in [0.5, 0.6) is 0 Å². The lowest BCUT2D eigenvalue weighted by Crippen LogP contribution is -2.22. The highest BCUT2D eigenvalue weighted by atomic mass is 16.6. The van der Waals surface area contributed by atoms with Crippen molar-refractivity contribution in [3.05, 3.63) is 0 Å². The summed E-state index contributed by atoms with van der Waals surface area (Å²) in [6.07, 6.45) is 1.51. The number of nitrogens with zero attached hydrogens (tertiary/aromatic N) is 1. The smallest absolute Gasteiger partial charge is 0.433 e. The quantitative estimate of drug-likeness (QED) is 0.668. The minimum Gasteiger partial charge on any atom is -0.442 e. The summed E-state index contributed by atoms with van der Waals surface area (Å²) in [4.78, 5) is 14.6. The van der Waals surface area contributed by atoms with Crippen molar-refractivity contribution in [1.82, 2.24) is 0 Å². The van der Waals surface area contributed by atoms with Gasteiger partial charge in [0.15, 0.2) is 0 Å². The third-order valence-electron chi connectivity index (χ3n) is 1.07. The molecule has 0 aliphatic carbocycles. The second-order valence-electron chi connectivity index (χ2n) is 4.01. The lowest BCUT2D eigenvalue weighted by atomic mass is 10.2. The zero-order chi connectivity index (χ0) is 10.5. The Kier molecular flexibility index (Phi) is 4.62. The van der Waals surface area contributed by atoms with Gasteiger partial charge in [0.1, 0.15) is 5.60 Å². The molecule has 1 unspecified atom stereocenters. The summed E-state index contributed by atoms with van der Waals surface area (Å²) >= 11 is 0. The molecular formula is C9H18N2O2. The molecule has 0 heterocycles. The molecule has 2 N–H and O–H groups in total. The third-order valence-corrected chi connectivity index (χ3v) is 1.07. The molecule has 4 heteroatoms. The predicted molar refractivity (Wildman–Crippen MR) is 53.0 cm³/mol. The highest BCUT2D eigenvalue weighted by Crippen LogP contribution is 2.07. The Labute approximate surface area is 79.2 Å². The van der Waals surface area contributed by atoms with E-state index in [4.69, 9.17) is 10.5 Å². The number of hydrogen-bond donors (Lipinski definition) is 1. The lowest BCUT2D eigenvalue weighted by molar-refractivity contribution is 0.0605. The summed E-state index contributed by atoms with van der Waals surface area (Å²) in [6.45, 7) is 7.24. The van der Waals surface area contributed by atoms with Crippen LogP contribution in [0.25, 0.3) is 0 Å². The summed E-state index contributed by atoms with van der Waals surface area (Å²) in [5.41, 5.74) is 4.98. The molecule has 4 nitrogen and oxygen atoms in total. The molecule has 0 bridgehead atoms. The molecule has 0 radical (unpaired) electrons. The van der Waals surface area contributed by atoms with E-state index in [1.54, 1.807) is 20.8 Å². The first-order valence-corrected chi connectivity index (χ1v) is 4.32. The zero-order valence-corrected chi connectivity index (χ0v) is 8.70. The van der Waals surface area contributed by atoms with Gasteiger partial charge in [0.2, 0.25) is 0 Å². The fourth-order valence-corrected chi connectivity index (χ4v) is 0.582. The van der Waals surface area contributed by atoms with E-state index >= 15 is 0 Å². The van der Waals surface area contributed by atoms with Crippen molar-refractivity contribution >= 4 is 12.3 Å². The third kappa shape index (κ3) is 9.01. The van der Waals surface area contributed by atoms with E-state index in [1.165, 1.54) is 6.21 Å². The number of ether oxygens (including phenoxy) is 1.